The van der Waals surface area contributed by atoms with Crippen molar-refractivity contribution in [3.05, 3.63) is 78.2 Å². The van der Waals surface area contributed by atoms with E-state index in [1.165, 1.54) is 0 Å². The second kappa shape index (κ2) is 6.93. The summed E-state index contributed by atoms with van der Waals surface area (Å²) >= 11 is 0. The topological polar surface area (TPSA) is 40.7 Å². The van der Waals surface area contributed by atoms with E-state index >= 15 is 0 Å². The van der Waals surface area contributed by atoms with Crippen molar-refractivity contribution in [2.45, 2.75) is 6.10 Å². The molecule has 0 amide bonds. The van der Waals surface area contributed by atoms with E-state index in [-0.39, 0.29) is 6.10 Å². The highest BCUT2D eigenvalue weighted by Crippen LogP contribution is 2.28. The molecule has 138 valence electrons. The molecule has 28 heavy (non-hydrogen) atoms. The van der Waals surface area contributed by atoms with Gasteiger partial charge in [-0.15, -0.1) is 0 Å². The smallest absolute Gasteiger partial charge is 0.395 e. The molecule has 5 heteroatoms. The zero-order chi connectivity index (χ0) is 18.9. The highest BCUT2D eigenvalue weighted by molar-refractivity contribution is 5.80. The number of aliphatic imine (C=N–C) groups is 1. The van der Waals surface area contributed by atoms with Crippen LogP contribution in [0.1, 0.15) is 5.56 Å². The van der Waals surface area contributed by atoms with Gasteiger partial charge >= 0.3 is 5.88 Å². The summed E-state index contributed by atoms with van der Waals surface area (Å²) < 4.78 is 8.17. The van der Waals surface area contributed by atoms with Crippen LogP contribution < -0.4 is 4.90 Å². The van der Waals surface area contributed by atoms with Crippen molar-refractivity contribution in [2.24, 2.45) is 4.99 Å². The number of nitrogens with zero attached hydrogens (tertiary/aromatic N) is 4. The summed E-state index contributed by atoms with van der Waals surface area (Å²) in [6.45, 7) is 6.36. The molecule has 1 aromatic heterocycles. The molecular formula is C23H21N4O+. The summed E-state index contributed by atoms with van der Waals surface area (Å²) in [4.78, 5) is 11.6. The Kier molecular flexibility index (Phi) is 4.13. The zero-order valence-corrected chi connectivity index (χ0v) is 15.5. The van der Waals surface area contributed by atoms with E-state index < -0.39 is 0 Å². The number of fused-ring (bicyclic) bond motifs is 1. The maximum atomic E-state index is 6.31. The predicted octanol–water partition coefficient (Wildman–Crippen LogP) is 3.56. The van der Waals surface area contributed by atoms with E-state index in [0.29, 0.717) is 6.54 Å². The molecule has 2 aliphatic rings. The molecule has 0 atom stereocenters. The molecule has 3 heterocycles. The van der Waals surface area contributed by atoms with Crippen LogP contribution in [0.3, 0.4) is 0 Å². The first-order valence-corrected chi connectivity index (χ1v) is 9.45. The lowest BCUT2D eigenvalue weighted by Crippen LogP contribution is -2.53. The summed E-state index contributed by atoms with van der Waals surface area (Å²) in [6, 6.07) is 22.5. The lowest BCUT2D eigenvalue weighted by Gasteiger charge is -2.39. The quantitative estimate of drug-likeness (QED) is 0.660. The van der Waals surface area contributed by atoms with Gasteiger partial charge in [0.2, 0.25) is 0 Å². The summed E-state index contributed by atoms with van der Waals surface area (Å²) in [5.41, 5.74) is 2.89. The minimum Gasteiger partial charge on any atom is -0.436 e. The lowest BCUT2D eigenvalue weighted by atomic mass is 10.1. The van der Waals surface area contributed by atoms with E-state index in [0.717, 1.165) is 47.0 Å². The van der Waals surface area contributed by atoms with Crippen molar-refractivity contribution in [2.75, 3.05) is 24.5 Å². The Hall–Kier alpha value is -3.47. The Labute approximate surface area is 163 Å². The lowest BCUT2D eigenvalue weighted by molar-refractivity contribution is -0.489. The average molecular weight is 369 g/mol. The first kappa shape index (κ1) is 16.7. The molecule has 0 bridgehead atoms. The van der Waals surface area contributed by atoms with Gasteiger partial charge in [-0.2, -0.15) is 4.58 Å². The average Bonchev–Trinajstić information content (AvgIpc) is 2.71. The fraction of sp³-hybridized carbons (Fsp3) is 0.174. The standard InChI is InChI=1S/C23H21N4O/c1-26-14-13-24-22(18-8-3-2-4-9-18)23(26)28-19-15-27(16-19)21-12-11-17-7-5-6-10-20(17)25-21/h2-13,19H,1,14-16H2/q+1. The Morgan fingerprint density at radius 3 is 2.61 bits per heavy atom. The van der Waals surface area contributed by atoms with E-state index in [2.05, 4.69) is 34.8 Å². The normalized spacial score (nSPS) is 17.1. The number of anilines is 1. The number of hydrogen-bond acceptors (Lipinski definition) is 4. The van der Waals surface area contributed by atoms with Crippen molar-refractivity contribution >= 4 is 35.3 Å². The number of ether oxygens (including phenoxy) is 1. The molecule has 0 spiro atoms. The summed E-state index contributed by atoms with van der Waals surface area (Å²) in [5, 5.41) is 1.16. The van der Waals surface area contributed by atoms with Gasteiger partial charge in [-0.3, -0.25) is 0 Å². The molecule has 0 aliphatic carbocycles. The molecule has 0 radical (unpaired) electrons. The van der Waals surface area contributed by atoms with E-state index in [1.54, 1.807) is 0 Å². The minimum absolute atomic E-state index is 0.0968. The monoisotopic (exact) mass is 369 g/mol. The molecule has 1 fully saturated rings. The van der Waals surface area contributed by atoms with E-state index in [9.17, 15) is 0 Å². The van der Waals surface area contributed by atoms with Crippen LogP contribution in [0.2, 0.25) is 0 Å². The highest BCUT2D eigenvalue weighted by atomic mass is 16.5. The molecule has 2 aromatic carbocycles. The van der Waals surface area contributed by atoms with Crippen LogP contribution in [0.5, 0.6) is 0 Å². The van der Waals surface area contributed by atoms with Crippen LogP contribution in [0.4, 0.5) is 5.82 Å². The van der Waals surface area contributed by atoms with Crippen LogP contribution in [0, 0.1) is 0 Å². The van der Waals surface area contributed by atoms with Gasteiger partial charge in [0.25, 0.3) is 0 Å². The maximum Gasteiger partial charge on any atom is 0.395 e. The predicted molar refractivity (Wildman–Crippen MR) is 113 cm³/mol. The molecule has 2 aliphatic heterocycles. The van der Waals surface area contributed by atoms with Crippen molar-refractivity contribution in [3.63, 3.8) is 0 Å². The number of pyridine rings is 1. The Morgan fingerprint density at radius 2 is 1.75 bits per heavy atom. The van der Waals surface area contributed by atoms with Gasteiger partial charge in [0.15, 0.2) is 12.2 Å². The zero-order valence-electron chi connectivity index (χ0n) is 15.5. The molecule has 3 aromatic rings. The molecule has 0 N–H and O–H groups in total. The molecule has 5 nitrogen and oxygen atoms in total. The highest BCUT2D eigenvalue weighted by Gasteiger charge is 2.34. The first-order valence-electron chi connectivity index (χ1n) is 9.45. The van der Waals surface area contributed by atoms with Gasteiger partial charge in [0, 0.05) is 10.9 Å². The van der Waals surface area contributed by atoms with Crippen LogP contribution in [-0.2, 0) is 4.74 Å². The Morgan fingerprint density at radius 1 is 0.964 bits per heavy atom. The molecular weight excluding hydrogens is 348 g/mol. The van der Waals surface area contributed by atoms with Crippen LogP contribution in [0.25, 0.3) is 16.6 Å². The van der Waals surface area contributed by atoms with Crippen molar-refractivity contribution < 1.29 is 9.31 Å². The molecule has 0 saturated carbocycles. The maximum absolute atomic E-state index is 6.31. The third-order valence-electron chi connectivity index (χ3n) is 5.09. The van der Waals surface area contributed by atoms with Gasteiger partial charge < -0.3 is 9.64 Å². The van der Waals surface area contributed by atoms with Crippen LogP contribution in [0.15, 0.2) is 77.6 Å². The third kappa shape index (κ3) is 3.05. The summed E-state index contributed by atoms with van der Waals surface area (Å²) in [7, 11) is 0. The van der Waals surface area contributed by atoms with E-state index in [4.69, 9.17) is 9.72 Å². The second-order valence-corrected chi connectivity index (χ2v) is 7.06. The molecule has 5 rings (SSSR count). The first-order chi connectivity index (χ1) is 13.8. The number of rotatable bonds is 4. The van der Waals surface area contributed by atoms with Gasteiger partial charge in [-0.05, 0) is 18.2 Å². The van der Waals surface area contributed by atoms with Crippen molar-refractivity contribution in [1.29, 1.82) is 0 Å². The second-order valence-electron chi connectivity index (χ2n) is 7.06. The summed E-state index contributed by atoms with van der Waals surface area (Å²) in [5.74, 6) is 1.73. The number of hydrogen-bond donors (Lipinski definition) is 0. The van der Waals surface area contributed by atoms with Gasteiger partial charge in [0.1, 0.15) is 18.6 Å². The van der Waals surface area contributed by atoms with Crippen molar-refractivity contribution in [1.82, 2.24) is 4.98 Å². The Balaban J connectivity index is 1.33. The molecule has 0 unspecified atom stereocenters. The minimum atomic E-state index is 0.0968. The van der Waals surface area contributed by atoms with Gasteiger partial charge in [-0.1, -0.05) is 48.5 Å². The van der Waals surface area contributed by atoms with Gasteiger partial charge in [0.05, 0.1) is 24.8 Å². The van der Waals surface area contributed by atoms with E-state index in [1.807, 2.05) is 59.3 Å². The largest absolute Gasteiger partial charge is 0.436 e. The van der Waals surface area contributed by atoms with Gasteiger partial charge in [-0.25, -0.2) is 9.98 Å². The third-order valence-corrected chi connectivity index (χ3v) is 5.09. The number of benzene rings is 2. The van der Waals surface area contributed by atoms with Crippen molar-refractivity contribution in [3.8, 4) is 0 Å². The Bertz CT molecular complexity index is 1100. The SMILES string of the molecule is C=[N+]1CC=NC(c2ccccc2)=C1OC1CN(c2ccc3ccccc3n2)C1. The fourth-order valence-electron chi connectivity index (χ4n) is 3.53. The van der Waals surface area contributed by atoms with Crippen LogP contribution >= 0.6 is 0 Å². The number of aromatic nitrogens is 1. The fourth-order valence-corrected chi connectivity index (χ4v) is 3.53. The number of para-hydroxylation sites is 1. The summed E-state index contributed by atoms with van der Waals surface area (Å²) in [6.07, 6.45) is 1.97. The van der Waals surface area contributed by atoms with Crippen LogP contribution in [-0.4, -0.2) is 48.2 Å². The molecule has 1 saturated heterocycles.